The third kappa shape index (κ3) is 4.98. The van der Waals surface area contributed by atoms with E-state index in [1.165, 1.54) is 12.1 Å². The van der Waals surface area contributed by atoms with E-state index in [1.54, 1.807) is 57.5 Å². The third-order valence-electron chi connectivity index (χ3n) is 3.98. The lowest BCUT2D eigenvalue weighted by molar-refractivity contribution is -0.121. The van der Waals surface area contributed by atoms with Crippen LogP contribution in [0.5, 0.6) is 11.5 Å². The lowest BCUT2D eigenvalue weighted by atomic mass is 10.1. The summed E-state index contributed by atoms with van der Waals surface area (Å²) in [6.07, 6.45) is -0.117. The molecule has 0 aliphatic carbocycles. The Hall–Kier alpha value is -2.54. The van der Waals surface area contributed by atoms with Crippen LogP contribution in [0.1, 0.15) is 24.9 Å². The predicted molar refractivity (Wildman–Crippen MR) is 99.2 cm³/mol. The van der Waals surface area contributed by atoms with Gasteiger partial charge in [0.25, 0.3) is 0 Å². The standard InChI is InChI=1S/C19H23NO5S/c1-14(17-13-15(24-2)9-10-18(17)25-3)20-19(21)11-12-26(22,23)16-7-5-4-6-8-16/h4-10,13-14H,11-12H2,1-3H3,(H,20,21)/t14-/m0/s1. The number of rotatable bonds is 8. The molecule has 140 valence electrons. The van der Waals surface area contributed by atoms with E-state index < -0.39 is 9.84 Å². The Morgan fingerprint density at radius 1 is 1.08 bits per heavy atom. The summed E-state index contributed by atoms with van der Waals surface area (Å²) in [5, 5.41) is 2.81. The van der Waals surface area contributed by atoms with E-state index in [-0.39, 0.29) is 29.0 Å². The summed E-state index contributed by atoms with van der Waals surface area (Å²) in [6.45, 7) is 1.81. The normalized spacial score (nSPS) is 12.3. The number of carbonyl (C=O) groups excluding carboxylic acids is 1. The van der Waals surface area contributed by atoms with E-state index in [1.807, 2.05) is 0 Å². The van der Waals surface area contributed by atoms with Crippen molar-refractivity contribution in [2.75, 3.05) is 20.0 Å². The second-order valence-corrected chi connectivity index (χ2v) is 7.89. The average molecular weight is 377 g/mol. The SMILES string of the molecule is COc1ccc(OC)c([C@H](C)NC(=O)CCS(=O)(=O)c2ccccc2)c1. The Bertz CT molecular complexity index is 849. The fourth-order valence-electron chi connectivity index (χ4n) is 2.54. The Morgan fingerprint density at radius 3 is 2.38 bits per heavy atom. The zero-order valence-corrected chi connectivity index (χ0v) is 15.9. The molecule has 1 atom stereocenters. The van der Waals surface area contributed by atoms with Crippen LogP contribution in [0.3, 0.4) is 0 Å². The molecular formula is C19H23NO5S. The number of amides is 1. The molecule has 0 radical (unpaired) electrons. The van der Waals surface area contributed by atoms with Crippen LogP contribution in [0.2, 0.25) is 0 Å². The molecule has 26 heavy (non-hydrogen) atoms. The van der Waals surface area contributed by atoms with Gasteiger partial charge in [0.15, 0.2) is 9.84 Å². The number of nitrogens with one attached hydrogen (secondary N) is 1. The third-order valence-corrected chi connectivity index (χ3v) is 5.71. The van der Waals surface area contributed by atoms with Crippen molar-refractivity contribution in [1.29, 1.82) is 0 Å². The van der Waals surface area contributed by atoms with Crippen LogP contribution in [0.15, 0.2) is 53.4 Å². The van der Waals surface area contributed by atoms with E-state index >= 15 is 0 Å². The first-order valence-electron chi connectivity index (χ1n) is 8.16. The highest BCUT2D eigenvalue weighted by molar-refractivity contribution is 7.91. The average Bonchev–Trinajstić information content (AvgIpc) is 2.66. The molecule has 2 rings (SSSR count). The van der Waals surface area contributed by atoms with Crippen molar-refractivity contribution in [3.8, 4) is 11.5 Å². The molecule has 0 saturated heterocycles. The monoisotopic (exact) mass is 377 g/mol. The number of ether oxygens (including phenoxy) is 2. The molecule has 0 aliphatic rings. The van der Waals surface area contributed by atoms with Gasteiger partial charge in [-0.1, -0.05) is 18.2 Å². The molecule has 0 saturated carbocycles. The Labute approximate surface area is 154 Å². The largest absolute Gasteiger partial charge is 0.497 e. The van der Waals surface area contributed by atoms with Crippen molar-refractivity contribution in [3.63, 3.8) is 0 Å². The Morgan fingerprint density at radius 2 is 1.77 bits per heavy atom. The van der Waals surface area contributed by atoms with Crippen molar-refractivity contribution >= 4 is 15.7 Å². The van der Waals surface area contributed by atoms with Crippen molar-refractivity contribution in [1.82, 2.24) is 5.32 Å². The maximum absolute atomic E-state index is 12.3. The van der Waals surface area contributed by atoms with Gasteiger partial charge in [-0.15, -0.1) is 0 Å². The van der Waals surface area contributed by atoms with Crippen LogP contribution in [0, 0.1) is 0 Å². The van der Waals surface area contributed by atoms with Crippen molar-refractivity contribution in [3.05, 3.63) is 54.1 Å². The van der Waals surface area contributed by atoms with Gasteiger partial charge in [-0.25, -0.2) is 8.42 Å². The highest BCUT2D eigenvalue weighted by Gasteiger charge is 2.19. The van der Waals surface area contributed by atoms with Crippen LogP contribution >= 0.6 is 0 Å². The lowest BCUT2D eigenvalue weighted by Crippen LogP contribution is -2.28. The van der Waals surface area contributed by atoms with E-state index in [0.717, 1.165) is 5.56 Å². The quantitative estimate of drug-likeness (QED) is 0.765. The van der Waals surface area contributed by atoms with Gasteiger partial charge in [-0.05, 0) is 37.3 Å². The summed E-state index contributed by atoms with van der Waals surface area (Å²) in [5.74, 6) is 0.677. The summed E-state index contributed by atoms with van der Waals surface area (Å²) >= 11 is 0. The molecule has 0 spiro atoms. The molecular weight excluding hydrogens is 354 g/mol. The Balaban J connectivity index is 2.02. The maximum Gasteiger partial charge on any atom is 0.221 e. The van der Waals surface area contributed by atoms with Gasteiger partial charge in [-0.2, -0.15) is 0 Å². The highest BCUT2D eigenvalue weighted by Crippen LogP contribution is 2.29. The predicted octanol–water partition coefficient (Wildman–Crippen LogP) is 2.75. The molecule has 2 aromatic carbocycles. The minimum Gasteiger partial charge on any atom is -0.497 e. The van der Waals surface area contributed by atoms with Gasteiger partial charge in [0, 0.05) is 12.0 Å². The molecule has 2 aromatic rings. The number of hydrogen-bond donors (Lipinski definition) is 1. The number of carbonyl (C=O) groups is 1. The molecule has 1 amide bonds. The molecule has 7 heteroatoms. The molecule has 0 unspecified atom stereocenters. The molecule has 0 aliphatic heterocycles. The fraction of sp³-hybridized carbons (Fsp3) is 0.316. The topological polar surface area (TPSA) is 81.7 Å². The molecule has 6 nitrogen and oxygen atoms in total. The number of hydrogen-bond acceptors (Lipinski definition) is 5. The van der Waals surface area contributed by atoms with Gasteiger partial charge in [-0.3, -0.25) is 4.79 Å². The molecule has 0 fully saturated rings. The smallest absolute Gasteiger partial charge is 0.221 e. The molecule has 0 aromatic heterocycles. The summed E-state index contributed by atoms with van der Waals surface area (Å²) in [6, 6.07) is 13.1. The van der Waals surface area contributed by atoms with Gasteiger partial charge in [0.05, 0.1) is 30.9 Å². The zero-order chi connectivity index (χ0) is 19.2. The molecule has 0 heterocycles. The summed E-state index contributed by atoms with van der Waals surface area (Å²) < 4.78 is 35.0. The van der Waals surface area contributed by atoms with Crippen molar-refractivity contribution in [2.45, 2.75) is 24.3 Å². The Kier molecular flexibility index (Phi) is 6.63. The first kappa shape index (κ1) is 19.8. The minimum absolute atomic E-state index is 0.117. The van der Waals surface area contributed by atoms with Gasteiger partial charge < -0.3 is 14.8 Å². The maximum atomic E-state index is 12.3. The molecule has 0 bridgehead atoms. The lowest BCUT2D eigenvalue weighted by Gasteiger charge is -2.18. The fourth-order valence-corrected chi connectivity index (χ4v) is 3.80. The van der Waals surface area contributed by atoms with Crippen LogP contribution in [0.25, 0.3) is 0 Å². The summed E-state index contributed by atoms with van der Waals surface area (Å²) in [7, 11) is -0.378. The highest BCUT2D eigenvalue weighted by atomic mass is 32.2. The second-order valence-electron chi connectivity index (χ2n) is 5.78. The van der Waals surface area contributed by atoms with Crippen LogP contribution < -0.4 is 14.8 Å². The number of sulfone groups is 1. The zero-order valence-electron chi connectivity index (χ0n) is 15.1. The number of methoxy groups -OCH3 is 2. The van der Waals surface area contributed by atoms with E-state index in [0.29, 0.717) is 11.5 Å². The van der Waals surface area contributed by atoms with Crippen LogP contribution in [0.4, 0.5) is 0 Å². The second kappa shape index (κ2) is 8.71. The minimum atomic E-state index is -3.48. The first-order chi connectivity index (χ1) is 12.4. The van der Waals surface area contributed by atoms with Gasteiger partial charge in [0.2, 0.25) is 5.91 Å². The first-order valence-corrected chi connectivity index (χ1v) is 9.81. The summed E-state index contributed by atoms with van der Waals surface area (Å²) in [4.78, 5) is 12.4. The number of benzene rings is 2. The van der Waals surface area contributed by atoms with Gasteiger partial charge in [0.1, 0.15) is 11.5 Å². The van der Waals surface area contributed by atoms with E-state index in [9.17, 15) is 13.2 Å². The van der Waals surface area contributed by atoms with Crippen molar-refractivity contribution in [2.24, 2.45) is 0 Å². The molecule has 1 N–H and O–H groups in total. The van der Waals surface area contributed by atoms with Crippen LogP contribution in [-0.2, 0) is 14.6 Å². The van der Waals surface area contributed by atoms with E-state index in [2.05, 4.69) is 5.32 Å². The summed E-state index contributed by atoms with van der Waals surface area (Å²) in [5.41, 5.74) is 0.756. The van der Waals surface area contributed by atoms with Gasteiger partial charge >= 0.3 is 0 Å². The van der Waals surface area contributed by atoms with Crippen molar-refractivity contribution < 1.29 is 22.7 Å². The van der Waals surface area contributed by atoms with Crippen LogP contribution in [-0.4, -0.2) is 34.3 Å². The van der Waals surface area contributed by atoms with E-state index in [4.69, 9.17) is 9.47 Å².